The quantitative estimate of drug-likeness (QED) is 0.656. The van der Waals surface area contributed by atoms with Crippen molar-refractivity contribution in [2.24, 2.45) is 5.92 Å². The molecule has 0 bridgehead atoms. The molecule has 0 aromatic carbocycles. The van der Waals surface area contributed by atoms with Gasteiger partial charge in [-0.05, 0) is 38.1 Å². The van der Waals surface area contributed by atoms with Gasteiger partial charge in [0.2, 0.25) is 0 Å². The van der Waals surface area contributed by atoms with Gasteiger partial charge >= 0.3 is 0 Å². The Hall–Kier alpha value is -0.590. The molecule has 0 aliphatic carbocycles. The van der Waals surface area contributed by atoms with Gasteiger partial charge in [-0.15, -0.1) is 0 Å². The zero-order chi connectivity index (χ0) is 9.15. The smallest absolute Gasteiger partial charge is 0.109 e. The highest BCUT2D eigenvalue weighted by Crippen LogP contribution is 2.33. The zero-order valence-corrected chi connectivity index (χ0v) is 7.88. The van der Waals surface area contributed by atoms with Crippen molar-refractivity contribution in [2.75, 3.05) is 19.8 Å². The Morgan fingerprint density at radius 3 is 2.69 bits per heavy atom. The number of nitrogens with one attached hydrogen (secondary N) is 1. The van der Waals surface area contributed by atoms with Gasteiger partial charge < -0.3 is 4.74 Å². The third-order valence-electron chi connectivity index (χ3n) is 3.31. The van der Waals surface area contributed by atoms with Crippen molar-refractivity contribution < 1.29 is 4.74 Å². The van der Waals surface area contributed by atoms with Crippen molar-refractivity contribution in [1.29, 1.82) is 5.26 Å². The lowest BCUT2D eigenvalue weighted by atomic mass is 9.79. The summed E-state index contributed by atoms with van der Waals surface area (Å²) in [7, 11) is 0. The first-order chi connectivity index (χ1) is 6.37. The first kappa shape index (κ1) is 8.98. The number of rotatable bonds is 1. The molecule has 0 spiro atoms. The van der Waals surface area contributed by atoms with Crippen molar-refractivity contribution in [2.45, 2.75) is 31.2 Å². The van der Waals surface area contributed by atoms with Gasteiger partial charge in [-0.3, -0.25) is 5.32 Å². The van der Waals surface area contributed by atoms with E-state index in [-0.39, 0.29) is 5.54 Å². The Balaban J connectivity index is 2.06. The lowest BCUT2D eigenvalue weighted by molar-refractivity contribution is 0.0450. The second-order valence-corrected chi connectivity index (χ2v) is 4.00. The Morgan fingerprint density at radius 1 is 1.38 bits per heavy atom. The summed E-state index contributed by atoms with van der Waals surface area (Å²) in [5.74, 6) is 0.508. The molecule has 1 N–H and O–H groups in total. The number of nitriles is 1. The summed E-state index contributed by atoms with van der Waals surface area (Å²) in [6.07, 6.45) is 4.25. The van der Waals surface area contributed by atoms with E-state index in [2.05, 4.69) is 11.4 Å². The predicted molar refractivity (Wildman–Crippen MR) is 49.1 cm³/mol. The molecule has 0 radical (unpaired) electrons. The zero-order valence-electron chi connectivity index (χ0n) is 7.88. The highest BCUT2D eigenvalue weighted by molar-refractivity contribution is 5.13. The Morgan fingerprint density at radius 2 is 2.15 bits per heavy atom. The van der Waals surface area contributed by atoms with Crippen LogP contribution in [0, 0.1) is 17.2 Å². The summed E-state index contributed by atoms with van der Waals surface area (Å²) in [5, 5.41) is 12.6. The molecule has 2 aliphatic rings. The van der Waals surface area contributed by atoms with E-state index in [0.29, 0.717) is 5.92 Å². The average molecular weight is 180 g/mol. The molecule has 1 atom stereocenters. The standard InChI is InChI=1S/C10H16N2O/c11-8-10(4-1-5-12-10)9-2-6-13-7-3-9/h9,12H,1-7H2. The Kier molecular flexibility index (Phi) is 2.52. The molecule has 1 unspecified atom stereocenters. The van der Waals surface area contributed by atoms with Gasteiger partial charge in [0.1, 0.15) is 5.54 Å². The van der Waals surface area contributed by atoms with Crippen LogP contribution < -0.4 is 5.32 Å². The van der Waals surface area contributed by atoms with Gasteiger partial charge in [-0.25, -0.2) is 0 Å². The summed E-state index contributed by atoms with van der Waals surface area (Å²) >= 11 is 0. The molecule has 0 aromatic heterocycles. The topological polar surface area (TPSA) is 45.0 Å². The molecule has 0 saturated carbocycles. The normalized spacial score (nSPS) is 35.9. The van der Waals surface area contributed by atoms with E-state index in [9.17, 15) is 5.26 Å². The summed E-state index contributed by atoms with van der Waals surface area (Å²) in [4.78, 5) is 0. The fourth-order valence-corrected chi connectivity index (χ4v) is 2.49. The van der Waals surface area contributed by atoms with Gasteiger partial charge in [-0.2, -0.15) is 5.26 Å². The summed E-state index contributed by atoms with van der Waals surface area (Å²) < 4.78 is 5.31. The molecule has 2 rings (SSSR count). The third kappa shape index (κ3) is 1.56. The van der Waals surface area contributed by atoms with Crippen LogP contribution in [0.25, 0.3) is 0 Å². The minimum atomic E-state index is -0.218. The largest absolute Gasteiger partial charge is 0.381 e. The molecule has 0 aromatic rings. The molecule has 3 nitrogen and oxygen atoms in total. The van der Waals surface area contributed by atoms with E-state index in [1.165, 1.54) is 0 Å². The molecule has 2 saturated heterocycles. The first-order valence-corrected chi connectivity index (χ1v) is 5.11. The van der Waals surface area contributed by atoms with Crippen molar-refractivity contribution in [3.05, 3.63) is 0 Å². The number of hydrogen-bond donors (Lipinski definition) is 1. The summed E-state index contributed by atoms with van der Waals surface area (Å²) in [5.41, 5.74) is -0.218. The molecule has 2 heterocycles. The van der Waals surface area contributed by atoms with E-state index in [1.807, 2.05) is 0 Å². The molecular weight excluding hydrogens is 164 g/mol. The molecule has 3 heteroatoms. The van der Waals surface area contributed by atoms with E-state index >= 15 is 0 Å². The van der Waals surface area contributed by atoms with Crippen molar-refractivity contribution >= 4 is 0 Å². The van der Waals surface area contributed by atoms with Crippen LogP contribution in [0.3, 0.4) is 0 Å². The fourth-order valence-electron chi connectivity index (χ4n) is 2.49. The Labute approximate surface area is 79.1 Å². The van der Waals surface area contributed by atoms with E-state index in [0.717, 1.165) is 45.4 Å². The van der Waals surface area contributed by atoms with Crippen molar-refractivity contribution in [3.63, 3.8) is 0 Å². The van der Waals surface area contributed by atoms with Crippen LogP contribution >= 0.6 is 0 Å². The maximum Gasteiger partial charge on any atom is 0.109 e. The minimum absolute atomic E-state index is 0.218. The summed E-state index contributed by atoms with van der Waals surface area (Å²) in [6, 6.07) is 2.48. The van der Waals surface area contributed by atoms with Gasteiger partial charge in [-0.1, -0.05) is 0 Å². The van der Waals surface area contributed by atoms with Crippen LogP contribution in [-0.2, 0) is 4.74 Å². The van der Waals surface area contributed by atoms with E-state index < -0.39 is 0 Å². The average Bonchev–Trinajstić information content (AvgIpc) is 2.69. The summed E-state index contributed by atoms with van der Waals surface area (Å²) in [6.45, 7) is 2.66. The minimum Gasteiger partial charge on any atom is -0.381 e. The molecule has 2 aliphatic heterocycles. The SMILES string of the molecule is N#CC1(C2CCOCC2)CCCN1. The third-order valence-corrected chi connectivity index (χ3v) is 3.31. The maximum atomic E-state index is 9.22. The van der Waals surface area contributed by atoms with Crippen molar-refractivity contribution in [1.82, 2.24) is 5.32 Å². The lowest BCUT2D eigenvalue weighted by Gasteiger charge is -2.34. The predicted octanol–water partition coefficient (Wildman–Crippen LogP) is 1.06. The molecule has 0 amide bonds. The van der Waals surface area contributed by atoms with Crippen LogP contribution in [0.5, 0.6) is 0 Å². The van der Waals surface area contributed by atoms with Crippen LogP contribution in [-0.4, -0.2) is 25.3 Å². The van der Waals surface area contributed by atoms with Crippen LogP contribution in [0.15, 0.2) is 0 Å². The van der Waals surface area contributed by atoms with Crippen LogP contribution in [0.2, 0.25) is 0 Å². The lowest BCUT2D eigenvalue weighted by Crippen LogP contribution is -2.47. The molecule has 72 valence electrons. The molecule has 13 heavy (non-hydrogen) atoms. The molecular formula is C10H16N2O. The van der Waals surface area contributed by atoms with Gasteiger partial charge in [0.15, 0.2) is 0 Å². The monoisotopic (exact) mass is 180 g/mol. The highest BCUT2D eigenvalue weighted by atomic mass is 16.5. The van der Waals surface area contributed by atoms with E-state index in [4.69, 9.17) is 4.74 Å². The molecule has 2 fully saturated rings. The van der Waals surface area contributed by atoms with Crippen molar-refractivity contribution in [3.8, 4) is 6.07 Å². The van der Waals surface area contributed by atoms with Gasteiger partial charge in [0, 0.05) is 13.2 Å². The van der Waals surface area contributed by atoms with Gasteiger partial charge in [0.25, 0.3) is 0 Å². The second-order valence-electron chi connectivity index (χ2n) is 4.00. The highest BCUT2D eigenvalue weighted by Gasteiger charge is 2.41. The van der Waals surface area contributed by atoms with Gasteiger partial charge in [0.05, 0.1) is 6.07 Å². The Bertz CT molecular complexity index is 209. The second kappa shape index (κ2) is 3.65. The van der Waals surface area contributed by atoms with Crippen LogP contribution in [0.1, 0.15) is 25.7 Å². The van der Waals surface area contributed by atoms with Crippen LogP contribution in [0.4, 0.5) is 0 Å². The first-order valence-electron chi connectivity index (χ1n) is 5.11. The van der Waals surface area contributed by atoms with E-state index in [1.54, 1.807) is 0 Å². The number of ether oxygens (including phenoxy) is 1. The number of nitrogens with zero attached hydrogens (tertiary/aromatic N) is 1. The number of hydrogen-bond acceptors (Lipinski definition) is 3. The fraction of sp³-hybridized carbons (Fsp3) is 0.900. The maximum absolute atomic E-state index is 9.22.